The molecule has 3 rings (SSSR count). The minimum Gasteiger partial charge on any atom is -0.545 e. The molecule has 1 aliphatic heterocycles. The molecule has 1 aliphatic rings. The average Bonchev–Trinajstić information content (AvgIpc) is 2.97. The van der Waals surface area contributed by atoms with Gasteiger partial charge in [-0.15, -0.1) is 0 Å². The number of hydrogen-bond donors (Lipinski definition) is 0. The quantitative estimate of drug-likeness (QED) is 0.537. The lowest BCUT2D eigenvalue weighted by molar-refractivity contribution is -0.255. The third-order valence-corrected chi connectivity index (χ3v) is 5.78. The van der Waals surface area contributed by atoms with Gasteiger partial charge in [0.1, 0.15) is 0 Å². The summed E-state index contributed by atoms with van der Waals surface area (Å²) in [6.07, 6.45) is 1.71. The number of anilines is 2. The number of nitrogens with zero attached hydrogens (tertiary/aromatic N) is 2. The number of amides is 1. The van der Waals surface area contributed by atoms with Crippen molar-refractivity contribution in [2.24, 2.45) is 0 Å². The van der Waals surface area contributed by atoms with Crippen molar-refractivity contribution in [3.63, 3.8) is 0 Å². The summed E-state index contributed by atoms with van der Waals surface area (Å²) in [5.74, 6) is -1.42. The Morgan fingerprint density at radius 2 is 1.71 bits per heavy atom. The van der Waals surface area contributed by atoms with E-state index in [1.54, 1.807) is 18.2 Å². The summed E-state index contributed by atoms with van der Waals surface area (Å²) in [6, 6.07) is 14.0. The molecule has 0 aromatic heterocycles. The Morgan fingerprint density at radius 1 is 1.11 bits per heavy atom. The van der Waals surface area contributed by atoms with Crippen LogP contribution in [0.1, 0.15) is 29.8 Å². The van der Waals surface area contributed by atoms with Gasteiger partial charge in [-0.1, -0.05) is 48.2 Å². The highest BCUT2D eigenvalue weighted by Crippen LogP contribution is 2.36. The number of hydrogen-bond acceptors (Lipinski definition) is 6. The maximum atomic E-state index is 12.9. The molecule has 0 radical (unpaired) electrons. The van der Waals surface area contributed by atoms with Crippen LogP contribution < -0.4 is 14.9 Å². The smallest absolute Gasteiger partial charge is 0.270 e. The predicted molar refractivity (Wildman–Crippen MR) is 116 cm³/mol. The molecular formula is C21H19N2O3S2-. The summed E-state index contributed by atoms with van der Waals surface area (Å²) in [5, 5.41) is 10.8. The number of carboxylic acids is 1. The number of carboxylic acid groups (broad SMARTS) is 1. The van der Waals surface area contributed by atoms with Crippen LogP contribution in [0.2, 0.25) is 0 Å². The SMILES string of the molecule is CCN(CC)c1ccc(N2C(=O)/C(=C\c3ccc(C(=O)[O-])cc3)SC2=S)cc1. The van der Waals surface area contributed by atoms with E-state index in [0.29, 0.717) is 9.23 Å². The highest BCUT2D eigenvalue weighted by Gasteiger charge is 2.33. The Morgan fingerprint density at radius 3 is 2.25 bits per heavy atom. The lowest BCUT2D eigenvalue weighted by atomic mass is 10.1. The van der Waals surface area contributed by atoms with Gasteiger partial charge in [-0.3, -0.25) is 9.69 Å². The number of benzene rings is 2. The van der Waals surface area contributed by atoms with E-state index in [1.807, 2.05) is 24.3 Å². The Balaban J connectivity index is 1.82. The Bertz CT molecular complexity index is 933. The van der Waals surface area contributed by atoms with Crippen molar-refractivity contribution in [1.29, 1.82) is 0 Å². The van der Waals surface area contributed by atoms with E-state index in [-0.39, 0.29) is 11.5 Å². The molecule has 0 bridgehead atoms. The van der Waals surface area contributed by atoms with Crippen molar-refractivity contribution in [2.45, 2.75) is 13.8 Å². The van der Waals surface area contributed by atoms with E-state index < -0.39 is 5.97 Å². The van der Waals surface area contributed by atoms with Crippen molar-refractivity contribution in [1.82, 2.24) is 0 Å². The first-order valence-corrected chi connectivity index (χ1v) is 10.1. The van der Waals surface area contributed by atoms with E-state index >= 15 is 0 Å². The number of thioether (sulfide) groups is 1. The Hall–Kier alpha value is -2.64. The molecule has 0 spiro atoms. The van der Waals surface area contributed by atoms with Gasteiger partial charge in [0.15, 0.2) is 4.32 Å². The molecule has 2 aromatic rings. The van der Waals surface area contributed by atoms with Gasteiger partial charge in [0.05, 0.1) is 16.6 Å². The standard InChI is InChI=1S/C21H20N2O3S2/c1-3-22(4-2)16-9-11-17(12-10-16)23-19(24)18(28-21(23)27)13-14-5-7-15(8-6-14)20(25)26/h5-13H,3-4H2,1-2H3,(H,25,26)/p-1/b18-13+. The second kappa shape index (κ2) is 8.58. The molecule has 1 fully saturated rings. The fraction of sp³-hybridized carbons (Fsp3) is 0.190. The minimum absolute atomic E-state index is 0.0954. The molecule has 1 heterocycles. The van der Waals surface area contributed by atoms with Gasteiger partial charge in [0, 0.05) is 18.8 Å². The van der Waals surface area contributed by atoms with Crippen LogP contribution in [0, 0.1) is 0 Å². The third kappa shape index (κ3) is 4.10. The summed E-state index contributed by atoms with van der Waals surface area (Å²) in [6.45, 7) is 6.03. The van der Waals surface area contributed by atoms with Crippen molar-refractivity contribution in [3.05, 3.63) is 64.6 Å². The Labute approximate surface area is 173 Å². The highest BCUT2D eigenvalue weighted by molar-refractivity contribution is 8.27. The van der Waals surface area contributed by atoms with E-state index in [9.17, 15) is 14.7 Å². The Kier molecular flexibility index (Phi) is 6.16. The largest absolute Gasteiger partial charge is 0.545 e. The highest BCUT2D eigenvalue weighted by atomic mass is 32.2. The summed E-state index contributed by atoms with van der Waals surface area (Å²) in [5.41, 5.74) is 2.65. The van der Waals surface area contributed by atoms with E-state index in [1.165, 1.54) is 28.8 Å². The zero-order valence-electron chi connectivity index (χ0n) is 15.5. The predicted octanol–water partition coefficient (Wildman–Crippen LogP) is 3.30. The lowest BCUT2D eigenvalue weighted by Crippen LogP contribution is -2.27. The van der Waals surface area contributed by atoms with Crippen LogP contribution in [0.15, 0.2) is 53.4 Å². The fourth-order valence-electron chi connectivity index (χ4n) is 2.96. The van der Waals surface area contributed by atoms with Gasteiger partial charge in [-0.25, -0.2) is 0 Å². The molecule has 0 atom stereocenters. The normalized spacial score (nSPS) is 15.4. The molecule has 144 valence electrons. The first-order valence-electron chi connectivity index (χ1n) is 8.89. The van der Waals surface area contributed by atoms with Gasteiger partial charge in [-0.05, 0) is 55.3 Å². The molecule has 7 heteroatoms. The lowest BCUT2D eigenvalue weighted by Gasteiger charge is -2.22. The topological polar surface area (TPSA) is 63.7 Å². The molecule has 0 N–H and O–H groups in total. The molecule has 1 saturated heterocycles. The molecule has 2 aromatic carbocycles. The van der Waals surface area contributed by atoms with Crippen LogP contribution in [0.3, 0.4) is 0 Å². The zero-order valence-corrected chi connectivity index (χ0v) is 17.2. The molecule has 28 heavy (non-hydrogen) atoms. The van der Waals surface area contributed by atoms with E-state index in [4.69, 9.17) is 12.2 Å². The van der Waals surface area contributed by atoms with Gasteiger partial charge in [0.25, 0.3) is 5.91 Å². The van der Waals surface area contributed by atoms with Crippen LogP contribution >= 0.6 is 24.0 Å². The van der Waals surface area contributed by atoms with Crippen molar-refractivity contribution in [2.75, 3.05) is 22.9 Å². The van der Waals surface area contributed by atoms with E-state index in [0.717, 1.165) is 30.0 Å². The van der Waals surface area contributed by atoms with Crippen LogP contribution in [0.25, 0.3) is 6.08 Å². The van der Waals surface area contributed by atoms with Gasteiger partial charge < -0.3 is 14.8 Å². The molecular weight excluding hydrogens is 392 g/mol. The van der Waals surface area contributed by atoms with Gasteiger partial charge in [0.2, 0.25) is 0 Å². The summed E-state index contributed by atoms with van der Waals surface area (Å²) in [7, 11) is 0. The molecule has 0 saturated carbocycles. The molecule has 1 amide bonds. The van der Waals surface area contributed by atoms with Crippen LogP contribution in [0.5, 0.6) is 0 Å². The van der Waals surface area contributed by atoms with Crippen molar-refractivity contribution < 1.29 is 14.7 Å². The fourth-order valence-corrected chi connectivity index (χ4v) is 4.26. The van der Waals surface area contributed by atoms with Gasteiger partial charge >= 0.3 is 0 Å². The summed E-state index contributed by atoms with van der Waals surface area (Å²) < 4.78 is 0.471. The second-order valence-electron chi connectivity index (χ2n) is 6.12. The maximum Gasteiger partial charge on any atom is 0.270 e. The molecule has 5 nitrogen and oxygen atoms in total. The van der Waals surface area contributed by atoms with Gasteiger partial charge in [-0.2, -0.15) is 0 Å². The van der Waals surface area contributed by atoms with Crippen molar-refractivity contribution in [3.8, 4) is 0 Å². The average molecular weight is 412 g/mol. The van der Waals surface area contributed by atoms with Crippen LogP contribution in [-0.2, 0) is 4.79 Å². The summed E-state index contributed by atoms with van der Waals surface area (Å²) in [4.78, 5) is 28.0. The minimum atomic E-state index is -1.23. The number of thiocarbonyl (C=S) groups is 1. The van der Waals surface area contributed by atoms with Crippen LogP contribution in [0.4, 0.5) is 11.4 Å². The second-order valence-corrected chi connectivity index (χ2v) is 7.79. The number of aromatic carboxylic acids is 1. The molecule has 0 aliphatic carbocycles. The monoisotopic (exact) mass is 411 g/mol. The first-order chi connectivity index (χ1) is 13.4. The number of carbonyl (C=O) groups is 2. The molecule has 0 unspecified atom stereocenters. The number of carbonyl (C=O) groups excluding carboxylic acids is 2. The zero-order chi connectivity index (χ0) is 20.3. The maximum absolute atomic E-state index is 12.9. The first kappa shape index (κ1) is 20.1. The van der Waals surface area contributed by atoms with Crippen LogP contribution in [-0.4, -0.2) is 29.3 Å². The summed E-state index contributed by atoms with van der Waals surface area (Å²) >= 11 is 6.64. The third-order valence-electron chi connectivity index (χ3n) is 4.47. The number of rotatable bonds is 6. The van der Waals surface area contributed by atoms with E-state index in [2.05, 4.69) is 18.7 Å². The van der Waals surface area contributed by atoms with Crippen molar-refractivity contribution >= 4 is 57.6 Å².